The van der Waals surface area contributed by atoms with Crippen molar-refractivity contribution in [2.24, 2.45) is 12.9 Å². The number of aromatic nitrogens is 2. The molecular formula is C10H14N4O. The van der Waals surface area contributed by atoms with Crippen LogP contribution < -0.4 is 11.3 Å². The molecule has 0 bridgehead atoms. The molecule has 0 saturated carbocycles. The smallest absolute Gasteiger partial charge is 0.105 e. The Morgan fingerprint density at radius 3 is 2.80 bits per heavy atom. The van der Waals surface area contributed by atoms with Crippen molar-refractivity contribution in [3.63, 3.8) is 0 Å². The Bertz CT molecular complexity index is 446. The van der Waals surface area contributed by atoms with Gasteiger partial charge in [0.05, 0.1) is 18.0 Å². The third-order valence-electron chi connectivity index (χ3n) is 2.41. The maximum atomic E-state index is 5.53. The van der Waals surface area contributed by atoms with Gasteiger partial charge in [-0.3, -0.25) is 10.5 Å². The second-order valence-electron chi connectivity index (χ2n) is 3.45. The molecule has 1 unspecified atom stereocenters. The van der Waals surface area contributed by atoms with Gasteiger partial charge in [-0.05, 0) is 19.1 Å². The van der Waals surface area contributed by atoms with Crippen molar-refractivity contribution in [2.75, 3.05) is 0 Å². The molecule has 0 aliphatic heterocycles. The minimum absolute atomic E-state index is 0.120. The Kier molecular flexibility index (Phi) is 2.57. The van der Waals surface area contributed by atoms with E-state index in [9.17, 15) is 0 Å². The second kappa shape index (κ2) is 3.88. The molecule has 80 valence electrons. The molecule has 5 heteroatoms. The van der Waals surface area contributed by atoms with Crippen LogP contribution in [0.3, 0.4) is 0 Å². The average Bonchev–Trinajstić information content (AvgIpc) is 2.79. The SMILES string of the molecule is Cc1occc1C(NN)c1ccn(C)n1. The summed E-state index contributed by atoms with van der Waals surface area (Å²) < 4.78 is 6.99. The number of furan rings is 1. The molecule has 5 nitrogen and oxygen atoms in total. The number of rotatable bonds is 3. The predicted molar refractivity (Wildman–Crippen MR) is 55.8 cm³/mol. The molecule has 1 atom stereocenters. The van der Waals surface area contributed by atoms with Crippen LogP contribution in [0.1, 0.15) is 23.1 Å². The minimum atomic E-state index is -0.120. The molecule has 2 aromatic heterocycles. The summed E-state index contributed by atoms with van der Waals surface area (Å²) in [4.78, 5) is 0. The van der Waals surface area contributed by atoms with E-state index in [1.165, 1.54) is 0 Å². The van der Waals surface area contributed by atoms with Gasteiger partial charge in [-0.25, -0.2) is 5.43 Å². The Balaban J connectivity index is 2.36. The van der Waals surface area contributed by atoms with Crippen LogP contribution in [0.15, 0.2) is 29.0 Å². The Morgan fingerprint density at radius 1 is 1.53 bits per heavy atom. The zero-order valence-electron chi connectivity index (χ0n) is 8.77. The largest absolute Gasteiger partial charge is 0.469 e. The molecule has 0 saturated heterocycles. The monoisotopic (exact) mass is 206 g/mol. The van der Waals surface area contributed by atoms with E-state index in [1.807, 2.05) is 32.3 Å². The average molecular weight is 206 g/mol. The number of hydrazine groups is 1. The lowest BCUT2D eigenvalue weighted by atomic mass is 10.1. The van der Waals surface area contributed by atoms with Crippen molar-refractivity contribution in [2.45, 2.75) is 13.0 Å². The van der Waals surface area contributed by atoms with Crippen LogP contribution in [-0.4, -0.2) is 9.78 Å². The first-order chi connectivity index (χ1) is 7.22. The number of nitrogens with zero attached hydrogens (tertiary/aromatic N) is 2. The van der Waals surface area contributed by atoms with E-state index in [-0.39, 0.29) is 6.04 Å². The standard InChI is InChI=1S/C10H14N4O/c1-7-8(4-6-15-7)10(12-11)9-3-5-14(2)13-9/h3-6,10,12H,11H2,1-2H3. The van der Waals surface area contributed by atoms with Gasteiger partial charge in [0.1, 0.15) is 5.76 Å². The minimum Gasteiger partial charge on any atom is -0.469 e. The second-order valence-corrected chi connectivity index (χ2v) is 3.45. The lowest BCUT2D eigenvalue weighted by Gasteiger charge is -2.12. The van der Waals surface area contributed by atoms with Gasteiger partial charge >= 0.3 is 0 Å². The lowest BCUT2D eigenvalue weighted by molar-refractivity contribution is 0.517. The summed E-state index contributed by atoms with van der Waals surface area (Å²) in [5.41, 5.74) is 4.63. The van der Waals surface area contributed by atoms with E-state index in [2.05, 4.69) is 10.5 Å². The van der Waals surface area contributed by atoms with Gasteiger partial charge in [0.2, 0.25) is 0 Å². The fraction of sp³-hybridized carbons (Fsp3) is 0.300. The molecule has 2 rings (SSSR count). The molecule has 0 radical (unpaired) electrons. The zero-order valence-corrected chi connectivity index (χ0v) is 8.77. The van der Waals surface area contributed by atoms with Crippen LogP contribution >= 0.6 is 0 Å². The van der Waals surface area contributed by atoms with E-state index in [0.717, 1.165) is 17.0 Å². The number of aryl methyl sites for hydroxylation is 2. The zero-order chi connectivity index (χ0) is 10.8. The summed E-state index contributed by atoms with van der Waals surface area (Å²) in [6.45, 7) is 1.91. The normalized spacial score (nSPS) is 13.0. The highest BCUT2D eigenvalue weighted by Gasteiger charge is 2.18. The summed E-state index contributed by atoms with van der Waals surface area (Å²) in [5.74, 6) is 6.38. The van der Waals surface area contributed by atoms with E-state index in [1.54, 1.807) is 10.9 Å². The van der Waals surface area contributed by atoms with Crippen LogP contribution in [-0.2, 0) is 7.05 Å². The van der Waals surface area contributed by atoms with E-state index < -0.39 is 0 Å². The van der Waals surface area contributed by atoms with Crippen LogP contribution in [0.25, 0.3) is 0 Å². The summed E-state index contributed by atoms with van der Waals surface area (Å²) in [6.07, 6.45) is 3.53. The van der Waals surface area contributed by atoms with Crippen molar-refractivity contribution < 1.29 is 4.42 Å². The van der Waals surface area contributed by atoms with E-state index in [4.69, 9.17) is 10.3 Å². The molecular weight excluding hydrogens is 192 g/mol. The third kappa shape index (κ3) is 1.79. The summed E-state index contributed by atoms with van der Waals surface area (Å²) in [5, 5.41) is 4.31. The first-order valence-electron chi connectivity index (χ1n) is 4.72. The van der Waals surface area contributed by atoms with Crippen LogP contribution in [0.2, 0.25) is 0 Å². The highest BCUT2D eigenvalue weighted by Crippen LogP contribution is 2.23. The summed E-state index contributed by atoms with van der Waals surface area (Å²) in [7, 11) is 1.87. The fourth-order valence-corrected chi connectivity index (χ4v) is 1.62. The molecule has 0 aliphatic rings. The molecule has 2 aromatic rings. The van der Waals surface area contributed by atoms with Gasteiger partial charge < -0.3 is 4.42 Å². The first-order valence-corrected chi connectivity index (χ1v) is 4.72. The van der Waals surface area contributed by atoms with Crippen LogP contribution in [0.5, 0.6) is 0 Å². The highest BCUT2D eigenvalue weighted by molar-refractivity contribution is 5.28. The van der Waals surface area contributed by atoms with Crippen molar-refractivity contribution in [3.05, 3.63) is 41.6 Å². The van der Waals surface area contributed by atoms with E-state index in [0.29, 0.717) is 0 Å². The van der Waals surface area contributed by atoms with Gasteiger partial charge in [0, 0.05) is 18.8 Å². The van der Waals surface area contributed by atoms with Gasteiger partial charge in [0.15, 0.2) is 0 Å². The highest BCUT2D eigenvalue weighted by atomic mass is 16.3. The maximum Gasteiger partial charge on any atom is 0.105 e. The number of hydrogen-bond donors (Lipinski definition) is 2. The Labute approximate surface area is 87.8 Å². The van der Waals surface area contributed by atoms with Gasteiger partial charge in [-0.1, -0.05) is 0 Å². The van der Waals surface area contributed by atoms with Crippen molar-refractivity contribution in [1.82, 2.24) is 15.2 Å². The molecule has 3 N–H and O–H groups in total. The summed E-state index contributed by atoms with van der Waals surface area (Å²) in [6, 6.07) is 3.70. The molecule has 0 fully saturated rings. The fourth-order valence-electron chi connectivity index (χ4n) is 1.62. The van der Waals surface area contributed by atoms with E-state index >= 15 is 0 Å². The van der Waals surface area contributed by atoms with Crippen molar-refractivity contribution >= 4 is 0 Å². The van der Waals surface area contributed by atoms with Crippen LogP contribution in [0, 0.1) is 6.92 Å². The summed E-state index contributed by atoms with van der Waals surface area (Å²) >= 11 is 0. The Hall–Kier alpha value is -1.59. The molecule has 15 heavy (non-hydrogen) atoms. The molecule has 0 aliphatic carbocycles. The number of nitrogens with two attached hydrogens (primary N) is 1. The molecule has 0 spiro atoms. The number of nitrogens with one attached hydrogen (secondary N) is 1. The van der Waals surface area contributed by atoms with Gasteiger partial charge in [-0.2, -0.15) is 5.10 Å². The Morgan fingerprint density at radius 2 is 2.33 bits per heavy atom. The number of hydrogen-bond acceptors (Lipinski definition) is 4. The van der Waals surface area contributed by atoms with Crippen molar-refractivity contribution in [3.8, 4) is 0 Å². The molecule has 0 aromatic carbocycles. The topological polar surface area (TPSA) is 69.0 Å². The van der Waals surface area contributed by atoms with Crippen LogP contribution in [0.4, 0.5) is 0 Å². The first kappa shape index (κ1) is 9.95. The molecule has 0 amide bonds. The van der Waals surface area contributed by atoms with Gasteiger partial charge in [0.25, 0.3) is 0 Å². The molecule has 2 heterocycles. The predicted octanol–water partition coefficient (Wildman–Crippen LogP) is 0.874. The van der Waals surface area contributed by atoms with Gasteiger partial charge in [-0.15, -0.1) is 0 Å². The lowest BCUT2D eigenvalue weighted by Crippen LogP contribution is -2.29. The quantitative estimate of drug-likeness (QED) is 0.577. The maximum absolute atomic E-state index is 5.53. The van der Waals surface area contributed by atoms with Crippen molar-refractivity contribution in [1.29, 1.82) is 0 Å². The third-order valence-corrected chi connectivity index (χ3v) is 2.41.